The van der Waals surface area contributed by atoms with E-state index in [9.17, 15) is 13.2 Å². The van der Waals surface area contributed by atoms with Crippen LogP contribution in [0.2, 0.25) is 0 Å². The highest BCUT2D eigenvalue weighted by atomic mass is 32.2. The first-order chi connectivity index (χ1) is 15.2. The minimum Gasteiger partial charge on any atom is -0.496 e. The molecule has 9 heteroatoms. The van der Waals surface area contributed by atoms with E-state index in [2.05, 4.69) is 5.32 Å². The average Bonchev–Trinajstić information content (AvgIpc) is 3.22. The molecule has 2 aromatic carbocycles. The summed E-state index contributed by atoms with van der Waals surface area (Å²) in [6.07, 6.45) is 2.48. The van der Waals surface area contributed by atoms with E-state index in [-0.39, 0.29) is 31.7 Å². The molecule has 0 radical (unpaired) electrons. The number of aryl methyl sites for hydroxylation is 1. The number of sulfonamides is 1. The van der Waals surface area contributed by atoms with E-state index in [0.717, 1.165) is 29.6 Å². The Hall–Kier alpha value is -2.94. The molecule has 1 heterocycles. The molecule has 0 aromatic heterocycles. The smallest absolute Gasteiger partial charge is 0.232 e. The Morgan fingerprint density at radius 3 is 2.59 bits per heavy atom. The maximum atomic E-state index is 12.6. The Bertz CT molecular complexity index is 1070. The highest BCUT2D eigenvalue weighted by Crippen LogP contribution is 2.36. The molecule has 1 aliphatic rings. The molecule has 0 saturated carbocycles. The van der Waals surface area contributed by atoms with Crippen LogP contribution in [0.4, 0.5) is 5.69 Å². The van der Waals surface area contributed by atoms with Crippen LogP contribution in [-0.4, -0.2) is 41.0 Å². The standard InChI is InChI=1S/C23H30N2O6S/c1-5-19(17-8-10-20(29-3)16(2)13-17)24-23(26)7-6-12-25(32(4,27)28)18-9-11-21-22(14-18)31-15-30-21/h8-11,13-14,19H,5-7,12,15H2,1-4H3,(H,24,26)/t19-/m1/s1. The largest absolute Gasteiger partial charge is 0.496 e. The van der Waals surface area contributed by atoms with Gasteiger partial charge in [0.1, 0.15) is 5.75 Å². The summed E-state index contributed by atoms with van der Waals surface area (Å²) in [5.74, 6) is 1.78. The summed E-state index contributed by atoms with van der Waals surface area (Å²) in [6.45, 7) is 4.27. The number of benzene rings is 2. The number of rotatable bonds is 10. The van der Waals surface area contributed by atoms with E-state index in [0.29, 0.717) is 23.6 Å². The lowest BCUT2D eigenvalue weighted by Crippen LogP contribution is -2.33. The first-order valence-electron chi connectivity index (χ1n) is 10.5. The SMILES string of the molecule is CC[C@@H](NC(=O)CCCN(c1ccc2c(c1)OCO2)S(C)(=O)=O)c1ccc(OC)c(C)c1. The van der Waals surface area contributed by atoms with Crippen molar-refractivity contribution in [3.8, 4) is 17.2 Å². The Kier molecular flexibility index (Phi) is 7.50. The zero-order valence-corrected chi connectivity index (χ0v) is 19.7. The number of methoxy groups -OCH3 is 1. The van der Waals surface area contributed by atoms with E-state index < -0.39 is 10.0 Å². The Morgan fingerprint density at radius 2 is 1.94 bits per heavy atom. The van der Waals surface area contributed by atoms with Crippen LogP contribution < -0.4 is 23.8 Å². The molecule has 1 amide bonds. The fraction of sp³-hybridized carbons (Fsp3) is 0.435. The number of nitrogens with one attached hydrogen (secondary N) is 1. The highest BCUT2D eigenvalue weighted by molar-refractivity contribution is 7.92. The number of ether oxygens (including phenoxy) is 3. The van der Waals surface area contributed by atoms with Crippen molar-refractivity contribution in [3.05, 3.63) is 47.5 Å². The summed E-state index contributed by atoms with van der Waals surface area (Å²) in [4.78, 5) is 12.6. The Morgan fingerprint density at radius 1 is 1.19 bits per heavy atom. The summed E-state index contributed by atoms with van der Waals surface area (Å²) in [5, 5.41) is 3.05. The van der Waals surface area contributed by atoms with E-state index >= 15 is 0 Å². The number of nitrogens with zero attached hydrogens (tertiary/aromatic N) is 1. The molecule has 0 spiro atoms. The van der Waals surface area contributed by atoms with Gasteiger partial charge in [0, 0.05) is 19.0 Å². The number of hydrogen-bond acceptors (Lipinski definition) is 6. The van der Waals surface area contributed by atoms with Gasteiger partial charge in [-0.05, 0) is 49.1 Å². The van der Waals surface area contributed by atoms with Gasteiger partial charge in [-0.15, -0.1) is 0 Å². The van der Waals surface area contributed by atoms with Crippen LogP contribution in [0.1, 0.15) is 43.4 Å². The molecule has 1 N–H and O–H groups in total. The minimum absolute atomic E-state index is 0.115. The number of fused-ring (bicyclic) bond motifs is 1. The summed E-state index contributed by atoms with van der Waals surface area (Å²) in [7, 11) is -1.89. The zero-order valence-electron chi connectivity index (χ0n) is 18.9. The van der Waals surface area contributed by atoms with Gasteiger partial charge in [-0.1, -0.05) is 19.1 Å². The van der Waals surface area contributed by atoms with Crippen LogP contribution in [0.25, 0.3) is 0 Å². The third-order valence-corrected chi connectivity index (χ3v) is 6.57. The number of carbonyl (C=O) groups is 1. The van der Waals surface area contributed by atoms with Gasteiger partial charge in [0.05, 0.1) is 25.1 Å². The molecule has 32 heavy (non-hydrogen) atoms. The molecule has 0 unspecified atom stereocenters. The lowest BCUT2D eigenvalue weighted by Gasteiger charge is -2.23. The maximum absolute atomic E-state index is 12.6. The summed E-state index contributed by atoms with van der Waals surface area (Å²) in [5.41, 5.74) is 2.50. The first-order valence-corrected chi connectivity index (χ1v) is 12.4. The van der Waals surface area contributed by atoms with Gasteiger partial charge >= 0.3 is 0 Å². The first kappa shape index (κ1) is 23.7. The van der Waals surface area contributed by atoms with Crippen molar-refractivity contribution in [1.29, 1.82) is 0 Å². The molecule has 1 atom stereocenters. The van der Waals surface area contributed by atoms with Crippen molar-refractivity contribution in [2.75, 3.05) is 31.0 Å². The molecule has 0 aliphatic carbocycles. The van der Waals surface area contributed by atoms with Crippen molar-refractivity contribution < 1.29 is 27.4 Å². The van der Waals surface area contributed by atoms with Crippen molar-refractivity contribution in [1.82, 2.24) is 5.32 Å². The molecule has 2 aromatic rings. The summed E-state index contributed by atoms with van der Waals surface area (Å²) >= 11 is 0. The second-order valence-electron chi connectivity index (χ2n) is 7.73. The van der Waals surface area contributed by atoms with E-state index in [1.165, 1.54) is 4.31 Å². The van der Waals surface area contributed by atoms with Gasteiger partial charge in [-0.2, -0.15) is 0 Å². The van der Waals surface area contributed by atoms with Crippen molar-refractivity contribution in [2.45, 2.75) is 39.2 Å². The number of carbonyl (C=O) groups excluding carboxylic acids is 1. The van der Waals surface area contributed by atoms with Crippen LogP contribution in [0.15, 0.2) is 36.4 Å². The van der Waals surface area contributed by atoms with Gasteiger partial charge < -0.3 is 19.5 Å². The maximum Gasteiger partial charge on any atom is 0.232 e. The van der Waals surface area contributed by atoms with Gasteiger partial charge in [-0.25, -0.2) is 8.42 Å². The van der Waals surface area contributed by atoms with Crippen LogP contribution >= 0.6 is 0 Å². The molecule has 3 rings (SSSR count). The molecule has 1 aliphatic heterocycles. The molecular weight excluding hydrogens is 432 g/mol. The second-order valence-corrected chi connectivity index (χ2v) is 9.64. The van der Waals surface area contributed by atoms with E-state index in [4.69, 9.17) is 14.2 Å². The van der Waals surface area contributed by atoms with Crippen LogP contribution in [0, 0.1) is 6.92 Å². The van der Waals surface area contributed by atoms with Crippen molar-refractivity contribution >= 4 is 21.6 Å². The monoisotopic (exact) mass is 462 g/mol. The van der Waals surface area contributed by atoms with Gasteiger partial charge in [0.25, 0.3) is 0 Å². The third-order valence-electron chi connectivity index (χ3n) is 5.37. The zero-order chi connectivity index (χ0) is 23.3. The Labute approximate surface area is 189 Å². The molecule has 8 nitrogen and oxygen atoms in total. The third kappa shape index (κ3) is 5.64. The highest BCUT2D eigenvalue weighted by Gasteiger charge is 2.22. The molecule has 0 bridgehead atoms. The van der Waals surface area contributed by atoms with Crippen LogP contribution in [0.5, 0.6) is 17.2 Å². The number of anilines is 1. The van der Waals surface area contributed by atoms with E-state index in [1.807, 2.05) is 32.0 Å². The predicted molar refractivity (Wildman–Crippen MR) is 123 cm³/mol. The second kappa shape index (κ2) is 10.1. The number of amides is 1. The van der Waals surface area contributed by atoms with Crippen molar-refractivity contribution in [2.24, 2.45) is 0 Å². The van der Waals surface area contributed by atoms with E-state index in [1.54, 1.807) is 25.3 Å². The van der Waals surface area contributed by atoms with Crippen LogP contribution in [0.3, 0.4) is 0 Å². The van der Waals surface area contributed by atoms with Crippen molar-refractivity contribution in [3.63, 3.8) is 0 Å². The predicted octanol–water partition coefficient (Wildman–Crippen LogP) is 3.55. The molecule has 0 saturated heterocycles. The Balaban J connectivity index is 1.60. The average molecular weight is 463 g/mol. The fourth-order valence-electron chi connectivity index (χ4n) is 3.72. The quantitative estimate of drug-likeness (QED) is 0.580. The number of hydrogen-bond donors (Lipinski definition) is 1. The van der Waals surface area contributed by atoms with Gasteiger partial charge in [0.15, 0.2) is 11.5 Å². The lowest BCUT2D eigenvalue weighted by atomic mass is 10.0. The molecule has 0 fully saturated rings. The summed E-state index contributed by atoms with van der Waals surface area (Å²) < 4.78 is 41.9. The summed E-state index contributed by atoms with van der Waals surface area (Å²) in [6, 6.07) is 10.7. The topological polar surface area (TPSA) is 94.2 Å². The minimum atomic E-state index is -3.52. The fourth-order valence-corrected chi connectivity index (χ4v) is 4.67. The van der Waals surface area contributed by atoms with Gasteiger partial charge in [0.2, 0.25) is 22.7 Å². The van der Waals surface area contributed by atoms with Gasteiger partial charge in [-0.3, -0.25) is 9.10 Å². The molecule has 174 valence electrons. The van der Waals surface area contributed by atoms with Crippen LogP contribution in [-0.2, 0) is 14.8 Å². The molecular formula is C23H30N2O6S. The lowest BCUT2D eigenvalue weighted by molar-refractivity contribution is -0.121. The normalized spacial score (nSPS) is 13.5.